The fraction of sp³-hybridized carbons (Fsp3) is 0.214. The lowest BCUT2D eigenvalue weighted by Crippen LogP contribution is -2.22. The van der Waals surface area contributed by atoms with Gasteiger partial charge >= 0.3 is 5.69 Å². The molecule has 0 spiro atoms. The summed E-state index contributed by atoms with van der Waals surface area (Å²) in [4.78, 5) is 14.2. The zero-order valence-electron chi connectivity index (χ0n) is 11.5. The topological polar surface area (TPSA) is 118 Å². The lowest BCUT2D eigenvalue weighted by molar-refractivity contribution is -0.386. The molecule has 2 rings (SSSR count). The number of pyridine rings is 1. The third-order valence-corrected chi connectivity index (χ3v) is 2.75. The van der Waals surface area contributed by atoms with Gasteiger partial charge in [-0.3, -0.25) is 10.1 Å². The Hall–Kier alpha value is -2.71. The summed E-state index contributed by atoms with van der Waals surface area (Å²) in [7, 11) is 0. The average Bonchev–Trinajstić information content (AvgIpc) is 2.53. The molecule has 0 aliphatic heterocycles. The van der Waals surface area contributed by atoms with Gasteiger partial charge in [0.1, 0.15) is 5.75 Å². The number of aliphatic hydroxyl groups excluding tert-OH is 2. The van der Waals surface area contributed by atoms with Crippen LogP contribution in [0.2, 0.25) is 0 Å². The molecule has 0 aliphatic rings. The van der Waals surface area contributed by atoms with Gasteiger partial charge in [0.05, 0.1) is 17.6 Å². The molecule has 0 bridgehead atoms. The molecule has 0 saturated heterocycles. The van der Waals surface area contributed by atoms with Gasteiger partial charge in [-0.2, -0.15) is 0 Å². The Labute approximate surface area is 126 Å². The highest BCUT2D eigenvalue weighted by atomic mass is 16.6. The van der Waals surface area contributed by atoms with Gasteiger partial charge in [0.2, 0.25) is 0 Å². The van der Waals surface area contributed by atoms with Crippen LogP contribution < -0.4 is 10.1 Å². The largest absolute Gasteiger partial charge is 0.434 e. The van der Waals surface area contributed by atoms with Crippen molar-refractivity contribution in [3.05, 3.63) is 52.7 Å². The van der Waals surface area contributed by atoms with E-state index >= 15 is 0 Å². The third-order valence-electron chi connectivity index (χ3n) is 2.75. The van der Waals surface area contributed by atoms with Crippen LogP contribution in [-0.4, -0.2) is 39.4 Å². The number of hydrogen-bond acceptors (Lipinski definition) is 7. The lowest BCUT2D eigenvalue weighted by atomic mass is 10.3. The Morgan fingerprint density at radius 3 is 2.91 bits per heavy atom. The van der Waals surface area contributed by atoms with Crippen molar-refractivity contribution in [3.63, 3.8) is 0 Å². The van der Waals surface area contributed by atoms with E-state index in [4.69, 9.17) is 9.84 Å². The van der Waals surface area contributed by atoms with Gasteiger partial charge in [-0.25, -0.2) is 4.98 Å². The predicted molar refractivity (Wildman–Crippen MR) is 79.0 cm³/mol. The van der Waals surface area contributed by atoms with Crippen LogP contribution in [0.5, 0.6) is 11.6 Å². The number of anilines is 1. The van der Waals surface area contributed by atoms with E-state index in [1.807, 2.05) is 0 Å². The maximum atomic E-state index is 10.9. The van der Waals surface area contributed by atoms with Gasteiger partial charge in [0.25, 0.3) is 5.88 Å². The van der Waals surface area contributed by atoms with E-state index in [1.165, 1.54) is 18.3 Å². The van der Waals surface area contributed by atoms with E-state index in [1.54, 1.807) is 24.3 Å². The minimum absolute atomic E-state index is 0.0972. The van der Waals surface area contributed by atoms with E-state index in [-0.39, 0.29) is 24.7 Å². The number of nitrogens with zero attached hydrogens (tertiary/aromatic N) is 2. The van der Waals surface area contributed by atoms with Crippen molar-refractivity contribution in [2.24, 2.45) is 0 Å². The molecule has 3 N–H and O–H groups in total. The van der Waals surface area contributed by atoms with Crippen molar-refractivity contribution in [2.75, 3.05) is 18.5 Å². The standard InChI is InChI=1S/C14H15N3O5/c18-9-11(19)8-16-10-3-1-4-12(7-10)22-14-13(17(20)21)5-2-6-15-14/h1-7,11,16,18-19H,8-9H2. The molecule has 0 aliphatic carbocycles. The predicted octanol–water partition coefficient (Wildman–Crippen LogP) is 1.55. The summed E-state index contributed by atoms with van der Waals surface area (Å²) < 4.78 is 5.44. The first-order valence-corrected chi connectivity index (χ1v) is 6.50. The molecule has 0 amide bonds. The van der Waals surface area contributed by atoms with Gasteiger partial charge in [-0.1, -0.05) is 6.07 Å². The first-order valence-electron chi connectivity index (χ1n) is 6.50. The van der Waals surface area contributed by atoms with Crippen LogP contribution in [0.25, 0.3) is 0 Å². The molecule has 116 valence electrons. The van der Waals surface area contributed by atoms with E-state index in [0.29, 0.717) is 11.4 Å². The maximum Gasteiger partial charge on any atom is 0.331 e. The summed E-state index contributed by atoms with van der Waals surface area (Å²) >= 11 is 0. The number of benzene rings is 1. The molecule has 1 aromatic carbocycles. The molecule has 1 atom stereocenters. The lowest BCUT2D eigenvalue weighted by Gasteiger charge is -2.11. The van der Waals surface area contributed by atoms with Gasteiger partial charge in [-0.15, -0.1) is 0 Å². The minimum Gasteiger partial charge on any atom is -0.434 e. The zero-order chi connectivity index (χ0) is 15.9. The summed E-state index contributed by atoms with van der Waals surface area (Å²) in [5.74, 6) is 0.269. The Morgan fingerprint density at radius 1 is 1.36 bits per heavy atom. The molecule has 8 nitrogen and oxygen atoms in total. The zero-order valence-corrected chi connectivity index (χ0v) is 11.5. The van der Waals surface area contributed by atoms with Crippen LogP contribution in [0.1, 0.15) is 0 Å². The number of nitro groups is 1. The number of hydrogen-bond donors (Lipinski definition) is 3. The van der Waals surface area contributed by atoms with Gasteiger partial charge in [-0.05, 0) is 18.2 Å². The van der Waals surface area contributed by atoms with E-state index in [2.05, 4.69) is 10.3 Å². The SMILES string of the molecule is O=[N+]([O-])c1cccnc1Oc1cccc(NCC(O)CO)c1. The Kier molecular flexibility index (Phi) is 5.23. The fourth-order valence-corrected chi connectivity index (χ4v) is 1.68. The highest BCUT2D eigenvalue weighted by molar-refractivity contribution is 5.50. The van der Waals surface area contributed by atoms with Crippen LogP contribution in [0, 0.1) is 10.1 Å². The number of aromatic nitrogens is 1. The molecule has 0 radical (unpaired) electrons. The number of ether oxygens (including phenoxy) is 1. The molecule has 0 saturated carbocycles. The van der Waals surface area contributed by atoms with Crippen molar-refractivity contribution in [3.8, 4) is 11.6 Å². The molecule has 1 heterocycles. The van der Waals surface area contributed by atoms with Crippen molar-refractivity contribution in [1.29, 1.82) is 0 Å². The Bertz CT molecular complexity index is 650. The summed E-state index contributed by atoms with van der Waals surface area (Å²) in [5.41, 5.74) is 0.417. The second-order valence-corrected chi connectivity index (χ2v) is 4.43. The minimum atomic E-state index is -0.874. The molecular weight excluding hydrogens is 290 g/mol. The summed E-state index contributed by atoms with van der Waals surface area (Å²) in [6.45, 7) is -0.174. The molecular formula is C14H15N3O5. The molecule has 2 aromatic rings. The normalized spacial score (nSPS) is 11.7. The molecule has 8 heteroatoms. The fourth-order valence-electron chi connectivity index (χ4n) is 1.68. The quantitative estimate of drug-likeness (QED) is 0.524. The summed E-state index contributed by atoms with van der Waals surface area (Å²) in [6.07, 6.45) is 0.531. The number of aliphatic hydroxyl groups is 2. The van der Waals surface area contributed by atoms with Crippen LogP contribution in [-0.2, 0) is 0 Å². The highest BCUT2D eigenvalue weighted by Gasteiger charge is 2.16. The molecule has 22 heavy (non-hydrogen) atoms. The van der Waals surface area contributed by atoms with Crippen molar-refractivity contribution >= 4 is 11.4 Å². The molecule has 1 unspecified atom stereocenters. The van der Waals surface area contributed by atoms with Crippen LogP contribution in [0.15, 0.2) is 42.6 Å². The van der Waals surface area contributed by atoms with Crippen LogP contribution in [0.3, 0.4) is 0 Å². The second kappa shape index (κ2) is 7.34. The second-order valence-electron chi connectivity index (χ2n) is 4.43. The van der Waals surface area contributed by atoms with E-state index < -0.39 is 11.0 Å². The van der Waals surface area contributed by atoms with Gasteiger partial charge < -0.3 is 20.3 Å². The van der Waals surface area contributed by atoms with Crippen molar-refractivity contribution in [1.82, 2.24) is 4.98 Å². The van der Waals surface area contributed by atoms with Crippen LogP contribution in [0.4, 0.5) is 11.4 Å². The Balaban J connectivity index is 2.12. The molecule has 0 fully saturated rings. The van der Waals surface area contributed by atoms with E-state index in [9.17, 15) is 15.2 Å². The number of rotatable bonds is 7. The van der Waals surface area contributed by atoms with Crippen LogP contribution >= 0.6 is 0 Å². The first kappa shape index (κ1) is 15.7. The van der Waals surface area contributed by atoms with Gasteiger partial charge in [0.15, 0.2) is 0 Å². The maximum absolute atomic E-state index is 10.9. The monoisotopic (exact) mass is 305 g/mol. The van der Waals surface area contributed by atoms with E-state index in [0.717, 1.165) is 0 Å². The highest BCUT2D eigenvalue weighted by Crippen LogP contribution is 2.29. The van der Waals surface area contributed by atoms with Crippen molar-refractivity contribution < 1.29 is 19.9 Å². The summed E-state index contributed by atoms with van der Waals surface area (Å²) in [6, 6.07) is 9.44. The third kappa shape index (κ3) is 4.14. The van der Waals surface area contributed by atoms with Crippen molar-refractivity contribution in [2.45, 2.75) is 6.10 Å². The average molecular weight is 305 g/mol. The number of nitrogens with one attached hydrogen (secondary N) is 1. The van der Waals surface area contributed by atoms with Gasteiger partial charge in [0, 0.05) is 30.6 Å². The smallest absolute Gasteiger partial charge is 0.331 e. The Morgan fingerprint density at radius 2 is 2.18 bits per heavy atom. The first-order chi connectivity index (χ1) is 10.6. The molecule has 1 aromatic heterocycles. The summed E-state index contributed by atoms with van der Waals surface area (Å²) in [5, 5.41) is 31.9.